The lowest BCUT2D eigenvalue weighted by molar-refractivity contribution is -0.154. The van der Waals surface area contributed by atoms with Crippen LogP contribution in [0.1, 0.15) is 6.42 Å². The van der Waals surface area contributed by atoms with E-state index in [9.17, 15) is 14.0 Å². The van der Waals surface area contributed by atoms with E-state index in [1.54, 1.807) is 0 Å². The molecule has 0 radical (unpaired) electrons. The van der Waals surface area contributed by atoms with Crippen LogP contribution in [0.3, 0.4) is 0 Å². The second-order valence-corrected chi connectivity index (χ2v) is 1.83. The zero-order chi connectivity index (χ0) is 8.85. The fourth-order valence-electron chi connectivity index (χ4n) is 0.495. The van der Waals surface area contributed by atoms with Crippen molar-refractivity contribution in [2.75, 3.05) is 0 Å². The average Bonchev–Trinajstić information content (AvgIpc) is 1.87. The van der Waals surface area contributed by atoms with Gasteiger partial charge in [-0.25, -0.2) is 4.39 Å². The van der Waals surface area contributed by atoms with Gasteiger partial charge in [0.25, 0.3) is 0 Å². The van der Waals surface area contributed by atoms with Crippen molar-refractivity contribution in [3.05, 3.63) is 12.4 Å². The number of carbonyl (C=O) groups is 2. The fourth-order valence-corrected chi connectivity index (χ4v) is 0.495. The SMILES string of the molecule is O=C(O)C(CC=CF)C(=O)O. The van der Waals surface area contributed by atoms with Crippen molar-refractivity contribution in [1.29, 1.82) is 0 Å². The number of hydrogen-bond donors (Lipinski definition) is 2. The Kier molecular flexibility index (Phi) is 3.87. The molecule has 0 amide bonds. The van der Waals surface area contributed by atoms with E-state index in [0.29, 0.717) is 0 Å². The molecule has 0 fully saturated rings. The second kappa shape index (κ2) is 4.43. The van der Waals surface area contributed by atoms with E-state index >= 15 is 0 Å². The predicted molar refractivity (Wildman–Crippen MR) is 33.6 cm³/mol. The van der Waals surface area contributed by atoms with Crippen LogP contribution >= 0.6 is 0 Å². The molecule has 0 unspecified atom stereocenters. The Morgan fingerprint density at radius 2 is 1.82 bits per heavy atom. The van der Waals surface area contributed by atoms with Gasteiger partial charge in [0, 0.05) is 0 Å². The minimum absolute atomic E-state index is 0.124. The van der Waals surface area contributed by atoms with Gasteiger partial charge in [0.05, 0.1) is 6.33 Å². The molecule has 0 aliphatic carbocycles. The maximum Gasteiger partial charge on any atom is 0.318 e. The highest BCUT2D eigenvalue weighted by Crippen LogP contribution is 2.04. The Labute approximate surface area is 62.0 Å². The highest BCUT2D eigenvalue weighted by molar-refractivity contribution is 5.92. The summed E-state index contributed by atoms with van der Waals surface area (Å²) in [6.07, 6.45) is 0.646. The summed E-state index contributed by atoms with van der Waals surface area (Å²) in [6, 6.07) is 0. The van der Waals surface area contributed by atoms with Crippen molar-refractivity contribution in [3.63, 3.8) is 0 Å². The molecule has 62 valence electrons. The number of carboxylic acid groups (broad SMARTS) is 2. The summed E-state index contributed by atoms with van der Waals surface area (Å²) in [6.45, 7) is 0. The normalized spacial score (nSPS) is 10.7. The van der Waals surface area contributed by atoms with Gasteiger partial charge in [-0.1, -0.05) is 6.08 Å². The number of hydrogen-bond acceptors (Lipinski definition) is 2. The number of carboxylic acids is 2. The maximum absolute atomic E-state index is 11.3. The molecule has 2 N–H and O–H groups in total. The third-order valence-electron chi connectivity index (χ3n) is 1.06. The summed E-state index contributed by atoms with van der Waals surface area (Å²) in [5.41, 5.74) is 0. The van der Waals surface area contributed by atoms with E-state index in [4.69, 9.17) is 10.2 Å². The van der Waals surface area contributed by atoms with E-state index in [2.05, 4.69) is 0 Å². The summed E-state index contributed by atoms with van der Waals surface area (Å²) in [5, 5.41) is 16.5. The largest absolute Gasteiger partial charge is 0.481 e. The van der Waals surface area contributed by atoms with Gasteiger partial charge in [0.15, 0.2) is 5.92 Å². The molecule has 0 saturated carbocycles. The van der Waals surface area contributed by atoms with E-state index in [0.717, 1.165) is 6.08 Å². The van der Waals surface area contributed by atoms with Crippen molar-refractivity contribution in [1.82, 2.24) is 0 Å². The van der Waals surface area contributed by atoms with Crippen LogP contribution < -0.4 is 0 Å². The van der Waals surface area contributed by atoms with Crippen molar-refractivity contribution in [2.24, 2.45) is 5.92 Å². The fraction of sp³-hybridized carbons (Fsp3) is 0.333. The third-order valence-corrected chi connectivity index (χ3v) is 1.06. The van der Waals surface area contributed by atoms with Crippen molar-refractivity contribution in [2.45, 2.75) is 6.42 Å². The Morgan fingerprint density at radius 3 is 2.09 bits per heavy atom. The molecule has 11 heavy (non-hydrogen) atoms. The minimum atomic E-state index is -1.55. The Bertz CT molecular complexity index is 173. The summed E-state index contributed by atoms with van der Waals surface area (Å²) in [4.78, 5) is 20.2. The van der Waals surface area contributed by atoms with Crippen LogP contribution in [0, 0.1) is 5.92 Å². The molecular weight excluding hydrogens is 155 g/mol. The Morgan fingerprint density at radius 1 is 1.36 bits per heavy atom. The second-order valence-electron chi connectivity index (χ2n) is 1.83. The van der Waals surface area contributed by atoms with Crippen LogP contribution in [-0.4, -0.2) is 22.2 Å². The van der Waals surface area contributed by atoms with Gasteiger partial charge in [-0.05, 0) is 6.42 Å². The van der Waals surface area contributed by atoms with Gasteiger partial charge in [0.2, 0.25) is 0 Å². The van der Waals surface area contributed by atoms with Gasteiger partial charge in [-0.2, -0.15) is 0 Å². The highest BCUT2D eigenvalue weighted by atomic mass is 19.1. The number of aliphatic carboxylic acids is 2. The van der Waals surface area contributed by atoms with Gasteiger partial charge in [-0.3, -0.25) is 9.59 Å². The van der Waals surface area contributed by atoms with Gasteiger partial charge in [0.1, 0.15) is 0 Å². The summed E-state index contributed by atoms with van der Waals surface area (Å²) in [7, 11) is 0. The van der Waals surface area contributed by atoms with Crippen LogP contribution in [0.25, 0.3) is 0 Å². The average molecular weight is 162 g/mol. The molecule has 0 aliphatic rings. The van der Waals surface area contributed by atoms with Crippen molar-refractivity contribution in [3.8, 4) is 0 Å². The number of allylic oxidation sites excluding steroid dienone is 1. The van der Waals surface area contributed by atoms with Crippen LogP contribution in [0.5, 0.6) is 0 Å². The molecule has 0 spiro atoms. The van der Waals surface area contributed by atoms with Crippen LogP contribution in [-0.2, 0) is 9.59 Å². The molecule has 0 aromatic carbocycles. The first-order chi connectivity index (χ1) is 5.09. The van der Waals surface area contributed by atoms with E-state index in [-0.39, 0.29) is 12.8 Å². The first-order valence-corrected chi connectivity index (χ1v) is 2.80. The molecule has 5 heteroatoms. The van der Waals surface area contributed by atoms with Crippen molar-refractivity contribution < 1.29 is 24.2 Å². The van der Waals surface area contributed by atoms with E-state index in [1.165, 1.54) is 0 Å². The zero-order valence-electron chi connectivity index (χ0n) is 5.53. The molecule has 4 nitrogen and oxygen atoms in total. The standard InChI is InChI=1S/C6H7FO4/c7-3-1-2-4(5(8)9)6(10)11/h1,3-4H,2H2,(H,8,9)(H,10,11). The van der Waals surface area contributed by atoms with E-state index < -0.39 is 17.9 Å². The molecular formula is C6H7FO4. The minimum Gasteiger partial charge on any atom is -0.481 e. The van der Waals surface area contributed by atoms with Gasteiger partial charge < -0.3 is 10.2 Å². The molecule has 0 atom stereocenters. The molecule has 0 aromatic rings. The maximum atomic E-state index is 11.3. The lowest BCUT2D eigenvalue weighted by Crippen LogP contribution is -2.22. The summed E-state index contributed by atoms with van der Waals surface area (Å²) < 4.78 is 11.3. The first-order valence-electron chi connectivity index (χ1n) is 2.80. The lowest BCUT2D eigenvalue weighted by Gasteiger charge is -2.01. The predicted octanol–water partition coefficient (Wildman–Crippen LogP) is 0.645. The van der Waals surface area contributed by atoms with Crippen LogP contribution in [0.4, 0.5) is 4.39 Å². The van der Waals surface area contributed by atoms with E-state index in [1.807, 2.05) is 0 Å². The smallest absolute Gasteiger partial charge is 0.318 e. The van der Waals surface area contributed by atoms with Gasteiger partial charge in [-0.15, -0.1) is 0 Å². The quantitative estimate of drug-likeness (QED) is 0.595. The molecule has 0 aromatic heterocycles. The molecule has 0 rings (SSSR count). The summed E-state index contributed by atoms with van der Waals surface area (Å²) in [5.74, 6) is -4.48. The highest BCUT2D eigenvalue weighted by Gasteiger charge is 2.23. The molecule has 0 heterocycles. The summed E-state index contributed by atoms with van der Waals surface area (Å²) >= 11 is 0. The third kappa shape index (κ3) is 3.34. The number of halogens is 1. The topological polar surface area (TPSA) is 74.6 Å². The van der Waals surface area contributed by atoms with Crippen LogP contribution in [0.2, 0.25) is 0 Å². The zero-order valence-corrected chi connectivity index (χ0v) is 5.53. The number of rotatable bonds is 4. The Hall–Kier alpha value is -1.39. The lowest BCUT2D eigenvalue weighted by atomic mass is 10.1. The first kappa shape index (κ1) is 9.61. The molecule has 0 bridgehead atoms. The van der Waals surface area contributed by atoms with Crippen LogP contribution in [0.15, 0.2) is 12.4 Å². The van der Waals surface area contributed by atoms with Gasteiger partial charge >= 0.3 is 11.9 Å². The molecule has 0 aliphatic heterocycles. The van der Waals surface area contributed by atoms with Crippen molar-refractivity contribution >= 4 is 11.9 Å². The Balaban J connectivity index is 4.12. The molecule has 0 saturated heterocycles. The monoisotopic (exact) mass is 162 g/mol.